The number of carbonyl (C=O) groups is 1. The van der Waals surface area contributed by atoms with Gasteiger partial charge in [0.2, 0.25) is 10.0 Å². The highest BCUT2D eigenvalue weighted by Crippen LogP contribution is 2.14. The van der Waals surface area contributed by atoms with Crippen LogP contribution in [0.1, 0.15) is 0 Å². The molecule has 0 radical (unpaired) electrons. The molecule has 2 N–H and O–H groups in total. The SMILES string of the molecule is CS(=O)(=O)CCS(=O)(=O)NC1COCC1C(=O)O. The van der Waals surface area contributed by atoms with Gasteiger partial charge in [0.25, 0.3) is 0 Å². The number of hydrogen-bond acceptors (Lipinski definition) is 6. The molecule has 1 heterocycles. The van der Waals surface area contributed by atoms with E-state index >= 15 is 0 Å². The Labute approximate surface area is 105 Å². The molecule has 0 aromatic carbocycles. The van der Waals surface area contributed by atoms with Gasteiger partial charge in [0.15, 0.2) is 0 Å². The number of carboxylic acids is 1. The van der Waals surface area contributed by atoms with Gasteiger partial charge in [-0.2, -0.15) is 0 Å². The fraction of sp³-hybridized carbons (Fsp3) is 0.875. The average Bonchev–Trinajstić information content (AvgIpc) is 2.61. The van der Waals surface area contributed by atoms with Crippen molar-refractivity contribution >= 4 is 25.8 Å². The number of sulfone groups is 1. The molecule has 1 fully saturated rings. The number of rotatable bonds is 6. The number of sulfonamides is 1. The topological polar surface area (TPSA) is 127 Å². The van der Waals surface area contributed by atoms with Gasteiger partial charge in [-0.05, 0) is 0 Å². The molecule has 1 aliphatic heterocycles. The van der Waals surface area contributed by atoms with Gasteiger partial charge in [0, 0.05) is 6.26 Å². The second-order valence-electron chi connectivity index (χ2n) is 4.16. The van der Waals surface area contributed by atoms with Crippen LogP contribution in [-0.2, 0) is 29.4 Å². The highest BCUT2D eigenvalue weighted by molar-refractivity contribution is 7.93. The van der Waals surface area contributed by atoms with Crippen molar-refractivity contribution in [2.24, 2.45) is 5.92 Å². The minimum atomic E-state index is -3.84. The Bertz CT molecular complexity index is 510. The number of carboxylic acid groups (broad SMARTS) is 1. The van der Waals surface area contributed by atoms with Crippen LogP contribution in [-0.4, -0.2) is 64.9 Å². The molecule has 0 saturated carbocycles. The van der Waals surface area contributed by atoms with E-state index in [1.54, 1.807) is 0 Å². The van der Waals surface area contributed by atoms with Crippen LogP contribution in [0.2, 0.25) is 0 Å². The normalized spacial score (nSPS) is 25.2. The average molecular weight is 301 g/mol. The molecule has 0 amide bonds. The van der Waals surface area contributed by atoms with E-state index in [2.05, 4.69) is 4.72 Å². The van der Waals surface area contributed by atoms with Crippen molar-refractivity contribution < 1.29 is 31.5 Å². The van der Waals surface area contributed by atoms with E-state index in [4.69, 9.17) is 9.84 Å². The number of aliphatic carboxylic acids is 1. The molecule has 8 nitrogen and oxygen atoms in total. The lowest BCUT2D eigenvalue weighted by molar-refractivity contribution is -0.142. The van der Waals surface area contributed by atoms with Crippen LogP contribution in [0, 0.1) is 5.92 Å². The largest absolute Gasteiger partial charge is 0.481 e. The standard InChI is InChI=1S/C8H15NO7S2/c1-17(12,13)2-3-18(14,15)9-7-5-16-4-6(7)8(10)11/h6-7,9H,2-5H2,1H3,(H,10,11). The molecular formula is C8H15NO7S2. The van der Waals surface area contributed by atoms with Crippen molar-refractivity contribution in [1.29, 1.82) is 0 Å². The first-order chi connectivity index (χ1) is 8.11. The molecule has 18 heavy (non-hydrogen) atoms. The Morgan fingerprint density at radius 3 is 2.39 bits per heavy atom. The predicted molar refractivity (Wildman–Crippen MR) is 62.4 cm³/mol. The summed E-state index contributed by atoms with van der Waals surface area (Å²) in [6.45, 7) is -0.0936. The summed E-state index contributed by atoms with van der Waals surface area (Å²) in [6, 6.07) is -0.855. The first-order valence-electron chi connectivity index (χ1n) is 5.09. The lowest BCUT2D eigenvalue weighted by Gasteiger charge is -2.15. The summed E-state index contributed by atoms with van der Waals surface area (Å²) in [6.07, 6.45) is 0.932. The first-order valence-corrected chi connectivity index (χ1v) is 8.80. The second kappa shape index (κ2) is 5.51. The van der Waals surface area contributed by atoms with Crippen molar-refractivity contribution in [3.05, 3.63) is 0 Å². The summed E-state index contributed by atoms with van der Waals surface area (Å²) in [7, 11) is -7.22. The Morgan fingerprint density at radius 2 is 1.89 bits per heavy atom. The summed E-state index contributed by atoms with van der Waals surface area (Å²) < 4.78 is 52.0. The van der Waals surface area contributed by atoms with E-state index in [9.17, 15) is 21.6 Å². The molecule has 10 heteroatoms. The summed E-state index contributed by atoms with van der Waals surface area (Å²) >= 11 is 0. The minimum Gasteiger partial charge on any atom is -0.481 e. The molecule has 0 spiro atoms. The summed E-state index contributed by atoms with van der Waals surface area (Å²) in [5, 5.41) is 8.83. The van der Waals surface area contributed by atoms with E-state index in [1.807, 2.05) is 0 Å². The van der Waals surface area contributed by atoms with E-state index in [0.717, 1.165) is 6.26 Å². The molecule has 1 aliphatic rings. The van der Waals surface area contributed by atoms with Crippen LogP contribution in [0.25, 0.3) is 0 Å². The van der Waals surface area contributed by atoms with Gasteiger partial charge >= 0.3 is 5.97 Å². The third-order valence-corrected chi connectivity index (χ3v) is 5.06. The Morgan fingerprint density at radius 1 is 1.28 bits per heavy atom. The van der Waals surface area contributed by atoms with Crippen LogP contribution >= 0.6 is 0 Å². The Balaban J connectivity index is 2.63. The quantitative estimate of drug-likeness (QED) is 0.583. The van der Waals surface area contributed by atoms with Crippen LogP contribution in [0.3, 0.4) is 0 Å². The molecule has 0 bridgehead atoms. The maximum atomic E-state index is 11.6. The van der Waals surface area contributed by atoms with Crippen molar-refractivity contribution in [3.63, 3.8) is 0 Å². The molecule has 106 valence electrons. The van der Waals surface area contributed by atoms with Gasteiger partial charge in [-0.15, -0.1) is 0 Å². The number of nitrogens with one attached hydrogen (secondary N) is 1. The van der Waals surface area contributed by atoms with E-state index in [0.29, 0.717) is 0 Å². The van der Waals surface area contributed by atoms with Gasteiger partial charge in [-0.25, -0.2) is 21.6 Å². The minimum absolute atomic E-state index is 0.0327. The van der Waals surface area contributed by atoms with Crippen molar-refractivity contribution in [2.45, 2.75) is 6.04 Å². The van der Waals surface area contributed by atoms with Crippen molar-refractivity contribution in [2.75, 3.05) is 31.0 Å². The zero-order valence-corrected chi connectivity index (χ0v) is 11.3. The third kappa shape index (κ3) is 4.88. The Hall–Kier alpha value is -0.710. The fourth-order valence-electron chi connectivity index (χ4n) is 1.46. The fourth-order valence-corrected chi connectivity index (χ4v) is 4.36. The monoisotopic (exact) mass is 301 g/mol. The van der Waals surface area contributed by atoms with E-state index in [-0.39, 0.29) is 13.2 Å². The molecule has 0 aromatic heterocycles. The first kappa shape index (κ1) is 15.3. The van der Waals surface area contributed by atoms with Crippen LogP contribution < -0.4 is 4.72 Å². The van der Waals surface area contributed by atoms with Crippen molar-refractivity contribution in [3.8, 4) is 0 Å². The van der Waals surface area contributed by atoms with Crippen LogP contribution in [0.5, 0.6) is 0 Å². The molecule has 0 aromatic rings. The molecule has 0 aliphatic carbocycles. The third-order valence-electron chi connectivity index (χ3n) is 2.45. The number of hydrogen-bond donors (Lipinski definition) is 2. The molecule has 1 rings (SSSR count). The van der Waals surface area contributed by atoms with Gasteiger partial charge in [-0.3, -0.25) is 4.79 Å². The maximum Gasteiger partial charge on any atom is 0.310 e. The van der Waals surface area contributed by atoms with Gasteiger partial charge in [0.1, 0.15) is 9.84 Å². The van der Waals surface area contributed by atoms with Gasteiger partial charge in [0.05, 0.1) is 36.7 Å². The van der Waals surface area contributed by atoms with Gasteiger partial charge < -0.3 is 9.84 Å². The maximum absolute atomic E-state index is 11.6. The predicted octanol–water partition coefficient (Wildman–Crippen LogP) is -1.95. The zero-order chi connectivity index (χ0) is 14.0. The summed E-state index contributed by atoms with van der Waals surface area (Å²) in [5.41, 5.74) is 0. The van der Waals surface area contributed by atoms with Crippen molar-refractivity contribution in [1.82, 2.24) is 4.72 Å². The summed E-state index contributed by atoms with van der Waals surface area (Å²) in [5.74, 6) is -3.19. The zero-order valence-electron chi connectivity index (χ0n) is 9.70. The van der Waals surface area contributed by atoms with Crippen LogP contribution in [0.4, 0.5) is 0 Å². The van der Waals surface area contributed by atoms with E-state index in [1.165, 1.54) is 0 Å². The molecule has 2 atom stereocenters. The second-order valence-corrected chi connectivity index (χ2v) is 8.29. The molecule has 2 unspecified atom stereocenters. The smallest absolute Gasteiger partial charge is 0.310 e. The number of ether oxygens (including phenoxy) is 1. The highest BCUT2D eigenvalue weighted by Gasteiger charge is 2.36. The van der Waals surface area contributed by atoms with Gasteiger partial charge in [-0.1, -0.05) is 0 Å². The van der Waals surface area contributed by atoms with Crippen LogP contribution in [0.15, 0.2) is 0 Å². The van der Waals surface area contributed by atoms with E-state index < -0.39 is 49.3 Å². The summed E-state index contributed by atoms with van der Waals surface area (Å²) in [4.78, 5) is 10.8. The highest BCUT2D eigenvalue weighted by atomic mass is 32.2. The lowest BCUT2D eigenvalue weighted by atomic mass is 10.1. The molecular weight excluding hydrogens is 286 g/mol. The molecule has 1 saturated heterocycles. The Kier molecular flexibility index (Phi) is 4.70. The lowest BCUT2D eigenvalue weighted by Crippen LogP contribution is -2.44.